The number of amides is 1. The summed E-state index contributed by atoms with van der Waals surface area (Å²) in [6.45, 7) is 4.47. The van der Waals surface area contributed by atoms with E-state index in [9.17, 15) is 14.7 Å². The molecule has 114 valence electrons. The number of rotatable bonds is 4. The van der Waals surface area contributed by atoms with Crippen molar-refractivity contribution >= 4 is 11.9 Å². The van der Waals surface area contributed by atoms with Gasteiger partial charge in [-0.05, 0) is 26.7 Å². The van der Waals surface area contributed by atoms with Crippen molar-refractivity contribution in [2.75, 3.05) is 13.2 Å². The lowest BCUT2D eigenvalue weighted by atomic mass is 9.78. The van der Waals surface area contributed by atoms with Gasteiger partial charge < -0.3 is 19.9 Å². The normalized spacial score (nSPS) is 32.8. The maximum absolute atomic E-state index is 12.2. The van der Waals surface area contributed by atoms with Gasteiger partial charge in [0.15, 0.2) is 5.79 Å². The van der Waals surface area contributed by atoms with Crippen LogP contribution in [0.4, 0.5) is 0 Å². The molecule has 20 heavy (non-hydrogen) atoms. The van der Waals surface area contributed by atoms with Crippen molar-refractivity contribution in [2.24, 2.45) is 11.8 Å². The highest BCUT2D eigenvalue weighted by molar-refractivity contribution is 5.84. The Kier molecular flexibility index (Phi) is 4.65. The molecule has 1 amide bonds. The Bertz CT molecular complexity index is 382. The average molecular weight is 285 g/mol. The first-order chi connectivity index (χ1) is 9.39. The second kappa shape index (κ2) is 6.10. The van der Waals surface area contributed by atoms with E-state index in [0.29, 0.717) is 26.0 Å². The number of aliphatic carboxylic acids is 1. The second-order valence-electron chi connectivity index (χ2n) is 6.03. The van der Waals surface area contributed by atoms with Gasteiger partial charge in [-0.1, -0.05) is 12.8 Å². The number of carbonyl (C=O) groups excluding carboxylic acids is 1. The minimum atomic E-state index is -0.869. The molecule has 0 radical (unpaired) electrons. The number of hydrogen-bond donors (Lipinski definition) is 2. The van der Waals surface area contributed by atoms with Gasteiger partial charge in [0.1, 0.15) is 6.10 Å². The molecule has 0 spiro atoms. The van der Waals surface area contributed by atoms with Gasteiger partial charge in [-0.15, -0.1) is 0 Å². The van der Waals surface area contributed by atoms with Gasteiger partial charge in [0.05, 0.1) is 18.4 Å². The minimum absolute atomic E-state index is 0.166. The van der Waals surface area contributed by atoms with Crippen LogP contribution in [0.3, 0.4) is 0 Å². The molecule has 0 aromatic carbocycles. The molecule has 1 saturated carbocycles. The van der Waals surface area contributed by atoms with E-state index in [1.807, 2.05) is 13.8 Å². The van der Waals surface area contributed by atoms with Crippen molar-refractivity contribution in [1.82, 2.24) is 5.32 Å². The van der Waals surface area contributed by atoms with Crippen LogP contribution < -0.4 is 5.32 Å². The highest BCUT2D eigenvalue weighted by atomic mass is 16.7. The van der Waals surface area contributed by atoms with Crippen LogP contribution in [-0.2, 0) is 19.1 Å². The summed E-state index contributed by atoms with van der Waals surface area (Å²) in [6, 6.07) is 0. The van der Waals surface area contributed by atoms with Crippen LogP contribution in [0.2, 0.25) is 0 Å². The summed E-state index contributed by atoms with van der Waals surface area (Å²) in [7, 11) is 0. The fourth-order valence-electron chi connectivity index (χ4n) is 2.95. The molecular weight excluding hydrogens is 262 g/mol. The molecule has 2 rings (SSSR count). The third-order valence-electron chi connectivity index (χ3n) is 3.99. The van der Waals surface area contributed by atoms with Crippen molar-refractivity contribution in [1.29, 1.82) is 0 Å². The monoisotopic (exact) mass is 285 g/mol. The second-order valence-corrected chi connectivity index (χ2v) is 6.03. The predicted molar refractivity (Wildman–Crippen MR) is 71.0 cm³/mol. The first kappa shape index (κ1) is 15.3. The minimum Gasteiger partial charge on any atom is -0.481 e. The van der Waals surface area contributed by atoms with Gasteiger partial charge in [0.25, 0.3) is 0 Å². The van der Waals surface area contributed by atoms with Crippen molar-refractivity contribution in [3.63, 3.8) is 0 Å². The molecule has 1 heterocycles. The lowest BCUT2D eigenvalue weighted by Gasteiger charge is -2.27. The van der Waals surface area contributed by atoms with E-state index in [2.05, 4.69) is 5.32 Å². The number of carboxylic acids is 1. The van der Waals surface area contributed by atoms with Gasteiger partial charge >= 0.3 is 5.97 Å². The topological polar surface area (TPSA) is 84.9 Å². The molecule has 6 nitrogen and oxygen atoms in total. The van der Waals surface area contributed by atoms with Crippen LogP contribution in [0.1, 0.15) is 39.5 Å². The number of carboxylic acid groups (broad SMARTS) is 1. The van der Waals surface area contributed by atoms with Gasteiger partial charge in [-0.3, -0.25) is 9.59 Å². The van der Waals surface area contributed by atoms with Crippen LogP contribution in [0, 0.1) is 11.8 Å². The number of carbonyl (C=O) groups is 2. The zero-order valence-corrected chi connectivity index (χ0v) is 12.1. The van der Waals surface area contributed by atoms with E-state index < -0.39 is 23.6 Å². The van der Waals surface area contributed by atoms with Crippen molar-refractivity contribution in [3.05, 3.63) is 0 Å². The van der Waals surface area contributed by atoms with E-state index in [-0.39, 0.29) is 12.0 Å². The summed E-state index contributed by atoms with van der Waals surface area (Å²) in [5, 5.41) is 12.0. The maximum atomic E-state index is 12.2. The van der Waals surface area contributed by atoms with Crippen LogP contribution >= 0.6 is 0 Å². The number of ether oxygens (including phenoxy) is 2. The Morgan fingerprint density at radius 1 is 1.25 bits per heavy atom. The predicted octanol–water partition coefficient (Wildman–Crippen LogP) is 1.15. The molecule has 0 bridgehead atoms. The molecule has 1 unspecified atom stereocenters. The maximum Gasteiger partial charge on any atom is 0.307 e. The summed E-state index contributed by atoms with van der Waals surface area (Å²) >= 11 is 0. The molecule has 0 aromatic heterocycles. The van der Waals surface area contributed by atoms with Crippen LogP contribution in [0.25, 0.3) is 0 Å². The fraction of sp³-hybridized carbons (Fsp3) is 0.857. The Morgan fingerprint density at radius 2 is 1.90 bits per heavy atom. The zero-order valence-electron chi connectivity index (χ0n) is 12.1. The van der Waals surface area contributed by atoms with E-state index in [1.165, 1.54) is 0 Å². The number of nitrogens with one attached hydrogen (secondary N) is 1. The van der Waals surface area contributed by atoms with E-state index in [0.717, 1.165) is 12.8 Å². The Hall–Kier alpha value is -1.14. The number of hydrogen-bond acceptors (Lipinski definition) is 4. The average Bonchev–Trinajstić information content (AvgIpc) is 2.75. The van der Waals surface area contributed by atoms with Crippen molar-refractivity contribution in [2.45, 2.75) is 51.4 Å². The Labute approximate surface area is 118 Å². The standard InChI is InChI=1S/C14H23NO5/c1-14(2)19-8-9(20-14)7-15-12(16)10-5-3-4-6-11(10)13(17)18/h9-11H,3-8H2,1-2H3,(H,15,16)(H,17,18)/t9?,10-,11+/m1/s1. The van der Waals surface area contributed by atoms with Crippen molar-refractivity contribution in [3.8, 4) is 0 Å². The lowest BCUT2D eigenvalue weighted by molar-refractivity contribution is -0.149. The third-order valence-corrected chi connectivity index (χ3v) is 3.99. The van der Waals surface area contributed by atoms with Crippen LogP contribution in [0.15, 0.2) is 0 Å². The highest BCUT2D eigenvalue weighted by Gasteiger charge is 2.37. The Morgan fingerprint density at radius 3 is 2.45 bits per heavy atom. The van der Waals surface area contributed by atoms with E-state index in [4.69, 9.17) is 9.47 Å². The molecule has 2 fully saturated rings. The lowest BCUT2D eigenvalue weighted by Crippen LogP contribution is -2.43. The largest absolute Gasteiger partial charge is 0.481 e. The molecular formula is C14H23NO5. The molecule has 1 aliphatic carbocycles. The summed E-state index contributed by atoms with van der Waals surface area (Å²) in [5.41, 5.74) is 0. The van der Waals surface area contributed by atoms with E-state index >= 15 is 0 Å². The van der Waals surface area contributed by atoms with Gasteiger partial charge in [0, 0.05) is 6.54 Å². The molecule has 3 atom stereocenters. The summed E-state index contributed by atoms with van der Waals surface area (Å²) in [6.07, 6.45) is 2.87. The van der Waals surface area contributed by atoms with Gasteiger partial charge in [0.2, 0.25) is 5.91 Å². The molecule has 1 saturated heterocycles. The smallest absolute Gasteiger partial charge is 0.307 e. The summed E-state index contributed by atoms with van der Waals surface area (Å²) in [4.78, 5) is 23.4. The van der Waals surface area contributed by atoms with Gasteiger partial charge in [-0.2, -0.15) is 0 Å². The highest BCUT2D eigenvalue weighted by Crippen LogP contribution is 2.30. The molecule has 6 heteroatoms. The quantitative estimate of drug-likeness (QED) is 0.809. The van der Waals surface area contributed by atoms with Crippen LogP contribution in [0.5, 0.6) is 0 Å². The fourth-order valence-corrected chi connectivity index (χ4v) is 2.95. The first-order valence-corrected chi connectivity index (χ1v) is 7.21. The van der Waals surface area contributed by atoms with E-state index in [1.54, 1.807) is 0 Å². The first-order valence-electron chi connectivity index (χ1n) is 7.21. The van der Waals surface area contributed by atoms with Gasteiger partial charge in [-0.25, -0.2) is 0 Å². The molecule has 1 aliphatic heterocycles. The Balaban J connectivity index is 1.83. The molecule has 2 aliphatic rings. The molecule has 2 N–H and O–H groups in total. The zero-order chi connectivity index (χ0) is 14.8. The summed E-state index contributed by atoms with van der Waals surface area (Å²) in [5.74, 6) is -2.63. The van der Waals surface area contributed by atoms with Crippen LogP contribution in [-0.4, -0.2) is 42.0 Å². The molecule has 0 aromatic rings. The third kappa shape index (κ3) is 3.70. The van der Waals surface area contributed by atoms with Crippen molar-refractivity contribution < 1.29 is 24.2 Å². The SMILES string of the molecule is CC1(C)OCC(CNC(=O)[C@@H]2CCCC[C@@H]2C(=O)O)O1. The summed E-state index contributed by atoms with van der Waals surface area (Å²) < 4.78 is 11.0.